The first-order valence-electron chi connectivity index (χ1n) is 7.61. The summed E-state index contributed by atoms with van der Waals surface area (Å²) >= 11 is 0. The third-order valence-electron chi connectivity index (χ3n) is 3.80. The van der Waals surface area contributed by atoms with Crippen LogP contribution < -0.4 is 0 Å². The Morgan fingerprint density at radius 3 is 2.38 bits per heavy atom. The molecule has 0 spiro atoms. The topological polar surface area (TPSA) is 66.0 Å². The summed E-state index contributed by atoms with van der Waals surface area (Å²) in [5.41, 5.74) is 1.55. The van der Waals surface area contributed by atoms with Crippen molar-refractivity contribution in [3.05, 3.63) is 83.2 Å². The second-order valence-corrected chi connectivity index (χ2v) is 5.55. The number of aromatic carboxylic acids is 1. The Kier molecular flexibility index (Phi) is 5.53. The Labute approximate surface area is 149 Å². The van der Waals surface area contributed by atoms with Crippen LogP contribution in [0.3, 0.4) is 0 Å². The van der Waals surface area contributed by atoms with Crippen LogP contribution in [0.2, 0.25) is 0 Å². The van der Waals surface area contributed by atoms with Crippen LogP contribution >= 0.6 is 0 Å². The van der Waals surface area contributed by atoms with E-state index in [0.717, 1.165) is 18.2 Å². The first-order valence-corrected chi connectivity index (χ1v) is 7.61. The van der Waals surface area contributed by atoms with E-state index in [9.17, 15) is 23.9 Å². The van der Waals surface area contributed by atoms with Crippen LogP contribution in [-0.4, -0.2) is 15.6 Å². The largest absolute Gasteiger partial charge is 0.477 e. The molecule has 0 saturated heterocycles. The number of nitrogens with zero attached hydrogens (tertiary/aromatic N) is 2. The number of halogens is 2. The zero-order valence-corrected chi connectivity index (χ0v) is 14.3. The molecule has 0 amide bonds. The molecule has 1 aromatic carbocycles. The fourth-order valence-electron chi connectivity index (χ4n) is 2.61. The summed E-state index contributed by atoms with van der Waals surface area (Å²) in [5, 5.41) is 18.7. The zero-order chi connectivity index (χ0) is 19.4. The molecule has 132 valence electrons. The monoisotopic (exact) mass is 354 g/mol. The minimum Gasteiger partial charge on any atom is -0.477 e. The first-order chi connectivity index (χ1) is 12.3. The molecule has 0 bridgehead atoms. The maximum atomic E-state index is 13.3. The van der Waals surface area contributed by atoms with Gasteiger partial charge in [-0.2, -0.15) is 5.26 Å². The highest BCUT2D eigenvalue weighted by Gasteiger charge is 2.21. The smallest absolute Gasteiger partial charge is 0.353 e. The molecule has 2 rings (SSSR count). The van der Waals surface area contributed by atoms with Gasteiger partial charge in [-0.15, -0.1) is 0 Å². The van der Waals surface area contributed by atoms with Crippen molar-refractivity contribution in [3.63, 3.8) is 0 Å². The van der Waals surface area contributed by atoms with E-state index in [0.29, 0.717) is 11.1 Å². The van der Waals surface area contributed by atoms with Crippen molar-refractivity contribution in [2.75, 3.05) is 0 Å². The first kappa shape index (κ1) is 18.9. The highest BCUT2D eigenvalue weighted by Crippen LogP contribution is 2.27. The quantitative estimate of drug-likeness (QED) is 0.801. The number of hydrogen-bond acceptors (Lipinski definition) is 2. The number of aromatic nitrogens is 1. The van der Waals surface area contributed by atoms with Crippen LogP contribution in [0, 0.1) is 23.0 Å². The van der Waals surface area contributed by atoms with E-state index in [4.69, 9.17) is 0 Å². The van der Waals surface area contributed by atoms with Gasteiger partial charge in [0, 0.05) is 24.9 Å². The maximum Gasteiger partial charge on any atom is 0.353 e. The molecule has 0 saturated carbocycles. The average molecular weight is 354 g/mol. The number of allylic oxidation sites excluding steroid dienone is 5. The Hall–Kier alpha value is -3.46. The van der Waals surface area contributed by atoms with E-state index in [1.165, 1.54) is 16.8 Å². The lowest BCUT2D eigenvalue weighted by Gasteiger charge is -2.06. The summed E-state index contributed by atoms with van der Waals surface area (Å²) in [5.74, 6) is -2.60. The van der Waals surface area contributed by atoms with Crippen molar-refractivity contribution in [1.29, 1.82) is 5.26 Å². The Balaban J connectivity index is 2.45. The van der Waals surface area contributed by atoms with E-state index in [1.807, 2.05) is 6.07 Å². The second kappa shape index (κ2) is 7.62. The number of carbonyl (C=O) groups is 1. The molecule has 1 heterocycles. The second-order valence-electron chi connectivity index (χ2n) is 5.55. The normalized spacial score (nSPS) is 11.6. The summed E-state index contributed by atoms with van der Waals surface area (Å²) in [6.45, 7) is 5.48. The summed E-state index contributed by atoms with van der Waals surface area (Å²) in [4.78, 5) is 11.5. The van der Waals surface area contributed by atoms with Gasteiger partial charge in [0.05, 0.1) is 5.56 Å². The van der Waals surface area contributed by atoms with E-state index in [1.54, 1.807) is 26.1 Å². The minimum atomic E-state index is -1.16. The Morgan fingerprint density at radius 1 is 1.27 bits per heavy atom. The van der Waals surface area contributed by atoms with Gasteiger partial charge in [-0.3, -0.25) is 0 Å². The maximum absolute atomic E-state index is 13.3. The van der Waals surface area contributed by atoms with Crippen molar-refractivity contribution in [2.24, 2.45) is 7.05 Å². The van der Waals surface area contributed by atoms with Crippen LogP contribution in [-0.2, 0) is 7.05 Å². The van der Waals surface area contributed by atoms with E-state index < -0.39 is 17.6 Å². The van der Waals surface area contributed by atoms with Crippen LogP contribution in [0.5, 0.6) is 0 Å². The van der Waals surface area contributed by atoms with Gasteiger partial charge in [-0.25, -0.2) is 13.6 Å². The molecular formula is C20H16F2N2O2. The molecule has 1 N–H and O–H groups in total. The summed E-state index contributed by atoms with van der Waals surface area (Å²) < 4.78 is 28.0. The third-order valence-corrected chi connectivity index (χ3v) is 3.80. The highest BCUT2D eigenvalue weighted by atomic mass is 19.1. The van der Waals surface area contributed by atoms with Gasteiger partial charge in [-0.05, 0) is 35.8 Å². The Bertz CT molecular complexity index is 972. The van der Waals surface area contributed by atoms with Crippen molar-refractivity contribution < 1.29 is 18.7 Å². The number of rotatable bonds is 5. The SMILES string of the molecule is C=C(/C=C\C(=C/C)c1c(C#N)cn(C)c1C(=O)O)c1cc(F)cc(F)c1. The van der Waals surface area contributed by atoms with Crippen molar-refractivity contribution in [1.82, 2.24) is 4.57 Å². The summed E-state index contributed by atoms with van der Waals surface area (Å²) in [6, 6.07) is 5.04. The third kappa shape index (κ3) is 3.78. The van der Waals surface area contributed by atoms with Crippen molar-refractivity contribution >= 4 is 17.1 Å². The molecule has 26 heavy (non-hydrogen) atoms. The van der Waals surface area contributed by atoms with Crippen molar-refractivity contribution in [3.8, 4) is 6.07 Å². The number of carboxylic acid groups (broad SMARTS) is 1. The molecule has 1 aromatic heterocycles. The zero-order valence-electron chi connectivity index (χ0n) is 14.3. The lowest BCUT2D eigenvalue weighted by Crippen LogP contribution is -2.06. The fourth-order valence-corrected chi connectivity index (χ4v) is 2.61. The standard InChI is InChI=1S/C20H16F2N2O2/c1-4-13(18-15(10-23)11-24(3)19(18)20(25)26)6-5-12(2)14-7-16(21)9-17(22)8-14/h4-9,11H,2H2,1,3H3,(H,25,26)/b6-5-,13-4+. The van der Waals surface area contributed by atoms with Gasteiger partial charge in [-0.1, -0.05) is 24.8 Å². The fraction of sp³-hybridized carbons (Fsp3) is 0.100. The number of hydrogen-bond donors (Lipinski definition) is 1. The number of carboxylic acids is 1. The molecule has 0 radical (unpaired) electrons. The number of benzene rings is 1. The van der Waals surface area contributed by atoms with E-state index >= 15 is 0 Å². The molecule has 0 unspecified atom stereocenters. The van der Waals surface area contributed by atoms with Crippen LogP contribution in [0.15, 0.2) is 49.2 Å². The predicted molar refractivity (Wildman–Crippen MR) is 95.3 cm³/mol. The molecule has 4 nitrogen and oxygen atoms in total. The van der Waals surface area contributed by atoms with Crippen LogP contribution in [0.25, 0.3) is 11.1 Å². The molecule has 0 fully saturated rings. The Morgan fingerprint density at radius 2 is 1.88 bits per heavy atom. The molecule has 0 aliphatic carbocycles. The molecule has 2 aromatic rings. The van der Waals surface area contributed by atoms with E-state index in [-0.39, 0.29) is 22.4 Å². The lowest BCUT2D eigenvalue weighted by atomic mass is 9.99. The van der Waals surface area contributed by atoms with E-state index in [2.05, 4.69) is 6.58 Å². The van der Waals surface area contributed by atoms with Gasteiger partial charge in [0.25, 0.3) is 0 Å². The minimum absolute atomic E-state index is 0.0262. The number of nitriles is 1. The average Bonchev–Trinajstić information content (AvgIpc) is 2.91. The van der Waals surface area contributed by atoms with Gasteiger partial charge in [0.1, 0.15) is 23.4 Å². The summed E-state index contributed by atoms with van der Waals surface area (Å²) in [7, 11) is 1.54. The predicted octanol–water partition coefficient (Wildman–Crippen LogP) is 4.55. The van der Waals surface area contributed by atoms with Crippen molar-refractivity contribution in [2.45, 2.75) is 6.92 Å². The summed E-state index contributed by atoms with van der Waals surface area (Å²) in [6.07, 6.45) is 6.17. The molecule has 6 heteroatoms. The van der Waals surface area contributed by atoms with Gasteiger partial charge in [0.15, 0.2) is 0 Å². The number of aryl methyl sites for hydroxylation is 1. The highest BCUT2D eigenvalue weighted by molar-refractivity contribution is 5.96. The van der Waals surface area contributed by atoms with Crippen LogP contribution in [0.4, 0.5) is 8.78 Å². The van der Waals surface area contributed by atoms with Gasteiger partial charge in [0.2, 0.25) is 0 Å². The molecule has 0 atom stereocenters. The van der Waals surface area contributed by atoms with Gasteiger partial charge >= 0.3 is 5.97 Å². The lowest BCUT2D eigenvalue weighted by molar-refractivity contribution is 0.0686. The van der Waals surface area contributed by atoms with Gasteiger partial charge < -0.3 is 9.67 Å². The molecule has 0 aliphatic rings. The molecular weight excluding hydrogens is 338 g/mol. The van der Waals surface area contributed by atoms with Crippen LogP contribution in [0.1, 0.15) is 34.1 Å². The molecule has 0 aliphatic heterocycles.